The van der Waals surface area contributed by atoms with Gasteiger partial charge in [-0.25, -0.2) is 4.98 Å². The molecule has 3 aromatic rings. The zero-order valence-electron chi connectivity index (χ0n) is 17.3. The van der Waals surface area contributed by atoms with E-state index in [0.29, 0.717) is 27.8 Å². The highest BCUT2D eigenvalue weighted by Crippen LogP contribution is 2.35. The third-order valence-corrected chi connectivity index (χ3v) is 6.07. The number of hydrogen-bond acceptors (Lipinski definition) is 5. The number of halogens is 3. The summed E-state index contributed by atoms with van der Waals surface area (Å²) < 4.78 is 49.8. The molecule has 5 nitrogen and oxygen atoms in total. The molecule has 1 fully saturated rings. The van der Waals surface area contributed by atoms with Gasteiger partial charge in [0.25, 0.3) is 5.91 Å². The lowest BCUT2D eigenvalue weighted by molar-refractivity contribution is -0.137. The van der Waals surface area contributed by atoms with Crippen molar-refractivity contribution < 1.29 is 27.4 Å². The molecule has 0 spiro atoms. The van der Waals surface area contributed by atoms with Crippen molar-refractivity contribution in [2.45, 2.75) is 25.6 Å². The molecule has 0 atom stereocenters. The quantitative estimate of drug-likeness (QED) is 0.475. The SMILES string of the molecule is COc1cc(-c2nc(C(=O)N3CCCC3)cs2)ccc1OCc1cccc(C(F)(F)F)c1. The van der Waals surface area contributed by atoms with Gasteiger partial charge in [0.05, 0.1) is 12.7 Å². The van der Waals surface area contributed by atoms with E-state index in [1.807, 2.05) is 4.90 Å². The summed E-state index contributed by atoms with van der Waals surface area (Å²) in [5, 5.41) is 2.43. The van der Waals surface area contributed by atoms with Gasteiger partial charge in [0.1, 0.15) is 17.3 Å². The Balaban J connectivity index is 1.48. The van der Waals surface area contributed by atoms with Crippen LogP contribution >= 0.6 is 11.3 Å². The van der Waals surface area contributed by atoms with Crippen LogP contribution in [0.1, 0.15) is 34.5 Å². The zero-order valence-corrected chi connectivity index (χ0v) is 18.1. The monoisotopic (exact) mass is 462 g/mol. The Morgan fingerprint density at radius 1 is 1.12 bits per heavy atom. The van der Waals surface area contributed by atoms with Crippen molar-refractivity contribution in [3.63, 3.8) is 0 Å². The highest BCUT2D eigenvalue weighted by Gasteiger charge is 2.30. The second-order valence-electron chi connectivity index (χ2n) is 7.39. The Labute approximate surface area is 187 Å². The molecule has 4 rings (SSSR count). The average molecular weight is 462 g/mol. The van der Waals surface area contributed by atoms with Gasteiger partial charge in [0.15, 0.2) is 11.5 Å². The number of carbonyl (C=O) groups excluding carboxylic acids is 1. The number of aromatic nitrogens is 1. The van der Waals surface area contributed by atoms with Crippen LogP contribution in [0.5, 0.6) is 11.5 Å². The number of amides is 1. The topological polar surface area (TPSA) is 51.7 Å². The standard InChI is InChI=1S/C23H21F3N2O3S/c1-30-20-12-16(21-27-18(14-32-21)22(29)28-9-2-3-10-28)7-8-19(20)31-13-15-5-4-6-17(11-15)23(24,25)26/h4-8,11-12,14H,2-3,9-10,13H2,1H3. The summed E-state index contributed by atoms with van der Waals surface area (Å²) in [7, 11) is 1.49. The Hall–Kier alpha value is -3.07. The molecule has 32 heavy (non-hydrogen) atoms. The van der Waals surface area contributed by atoms with Crippen molar-refractivity contribution in [3.8, 4) is 22.1 Å². The molecule has 0 bridgehead atoms. The number of nitrogens with zero attached hydrogens (tertiary/aromatic N) is 2. The van der Waals surface area contributed by atoms with Gasteiger partial charge >= 0.3 is 6.18 Å². The lowest BCUT2D eigenvalue weighted by atomic mass is 10.1. The number of hydrogen-bond donors (Lipinski definition) is 0. The molecule has 0 radical (unpaired) electrons. The third kappa shape index (κ3) is 4.88. The van der Waals surface area contributed by atoms with Gasteiger partial charge in [-0.1, -0.05) is 12.1 Å². The molecule has 168 valence electrons. The molecule has 9 heteroatoms. The van der Waals surface area contributed by atoms with Crippen LogP contribution in [0, 0.1) is 0 Å². The van der Waals surface area contributed by atoms with E-state index in [2.05, 4.69) is 4.98 Å². The third-order valence-electron chi connectivity index (χ3n) is 5.18. The summed E-state index contributed by atoms with van der Waals surface area (Å²) in [6, 6.07) is 10.2. The molecule has 2 heterocycles. The molecular formula is C23H21F3N2O3S. The Morgan fingerprint density at radius 3 is 2.62 bits per heavy atom. The molecule has 1 saturated heterocycles. The molecule has 0 unspecified atom stereocenters. The van der Waals surface area contributed by atoms with Crippen molar-refractivity contribution in [1.29, 1.82) is 0 Å². The number of ether oxygens (including phenoxy) is 2. The average Bonchev–Trinajstić information content (AvgIpc) is 3.49. The van der Waals surface area contributed by atoms with Gasteiger partial charge in [-0.15, -0.1) is 11.3 Å². The fourth-order valence-electron chi connectivity index (χ4n) is 3.51. The number of methoxy groups -OCH3 is 1. The van der Waals surface area contributed by atoms with Crippen molar-refractivity contribution in [2.75, 3.05) is 20.2 Å². The van der Waals surface area contributed by atoms with E-state index in [0.717, 1.165) is 43.6 Å². The maximum Gasteiger partial charge on any atom is 0.416 e. The number of alkyl halides is 3. The first kappa shape index (κ1) is 22.1. The van der Waals surface area contributed by atoms with Crippen molar-refractivity contribution in [1.82, 2.24) is 9.88 Å². The lowest BCUT2D eigenvalue weighted by Gasteiger charge is -2.13. The predicted molar refractivity (Wildman–Crippen MR) is 115 cm³/mol. The Bertz CT molecular complexity index is 1110. The number of thiazole rings is 1. The minimum absolute atomic E-state index is 0.0363. The van der Waals surface area contributed by atoms with Crippen LogP contribution in [-0.4, -0.2) is 36.0 Å². The largest absolute Gasteiger partial charge is 0.493 e. The minimum Gasteiger partial charge on any atom is -0.493 e. The maximum atomic E-state index is 12.9. The van der Waals surface area contributed by atoms with E-state index < -0.39 is 11.7 Å². The van der Waals surface area contributed by atoms with Crippen LogP contribution < -0.4 is 9.47 Å². The fourth-order valence-corrected chi connectivity index (χ4v) is 4.30. The number of likely N-dealkylation sites (tertiary alicyclic amines) is 1. The van der Waals surface area contributed by atoms with Gasteiger partial charge < -0.3 is 14.4 Å². The molecule has 1 aromatic heterocycles. The van der Waals surface area contributed by atoms with Crippen LogP contribution in [0.15, 0.2) is 47.8 Å². The van der Waals surface area contributed by atoms with Crippen LogP contribution in [0.4, 0.5) is 13.2 Å². The Kier molecular flexibility index (Phi) is 6.36. The summed E-state index contributed by atoms with van der Waals surface area (Å²) in [5.41, 5.74) is 0.870. The van der Waals surface area contributed by atoms with E-state index >= 15 is 0 Å². The number of carbonyl (C=O) groups is 1. The smallest absolute Gasteiger partial charge is 0.416 e. The summed E-state index contributed by atoms with van der Waals surface area (Å²) in [5.74, 6) is 0.772. The Morgan fingerprint density at radius 2 is 1.91 bits per heavy atom. The van der Waals surface area contributed by atoms with E-state index in [1.165, 1.54) is 24.5 Å². The summed E-state index contributed by atoms with van der Waals surface area (Å²) >= 11 is 1.37. The first-order chi connectivity index (χ1) is 15.3. The second-order valence-corrected chi connectivity index (χ2v) is 8.25. The first-order valence-electron chi connectivity index (χ1n) is 10.1. The van der Waals surface area contributed by atoms with Crippen molar-refractivity contribution in [2.24, 2.45) is 0 Å². The highest BCUT2D eigenvalue weighted by molar-refractivity contribution is 7.13. The highest BCUT2D eigenvalue weighted by atomic mass is 32.1. The number of benzene rings is 2. The van der Waals surface area contributed by atoms with Crippen LogP contribution in [0.3, 0.4) is 0 Å². The van der Waals surface area contributed by atoms with Gasteiger partial charge in [-0.3, -0.25) is 4.79 Å². The van der Waals surface area contributed by atoms with E-state index in [9.17, 15) is 18.0 Å². The van der Waals surface area contributed by atoms with Crippen LogP contribution in [0.25, 0.3) is 10.6 Å². The summed E-state index contributed by atoms with van der Waals surface area (Å²) in [6.07, 6.45) is -2.37. The van der Waals surface area contributed by atoms with Gasteiger partial charge in [0, 0.05) is 24.0 Å². The predicted octanol–water partition coefficient (Wildman–Crippen LogP) is 5.65. The first-order valence-corrected chi connectivity index (χ1v) is 11.0. The van der Waals surface area contributed by atoms with E-state index in [-0.39, 0.29) is 12.5 Å². The van der Waals surface area contributed by atoms with Crippen molar-refractivity contribution >= 4 is 17.2 Å². The fraction of sp³-hybridized carbons (Fsp3) is 0.304. The maximum absolute atomic E-state index is 12.9. The second kappa shape index (κ2) is 9.20. The van der Waals surface area contributed by atoms with Gasteiger partial charge in [-0.05, 0) is 48.7 Å². The lowest BCUT2D eigenvalue weighted by Crippen LogP contribution is -2.27. The molecule has 1 aliphatic heterocycles. The van der Waals surface area contributed by atoms with Crippen molar-refractivity contribution in [3.05, 3.63) is 64.7 Å². The molecule has 0 aliphatic carbocycles. The molecule has 1 amide bonds. The molecular weight excluding hydrogens is 441 g/mol. The molecule has 0 N–H and O–H groups in total. The molecule has 0 saturated carbocycles. The van der Waals surface area contributed by atoms with E-state index in [4.69, 9.17) is 9.47 Å². The zero-order chi connectivity index (χ0) is 22.7. The normalized spacial score (nSPS) is 13.9. The summed E-state index contributed by atoms with van der Waals surface area (Å²) in [4.78, 5) is 18.8. The molecule has 2 aromatic carbocycles. The molecule has 1 aliphatic rings. The van der Waals surface area contributed by atoms with Crippen LogP contribution in [-0.2, 0) is 12.8 Å². The van der Waals surface area contributed by atoms with E-state index in [1.54, 1.807) is 29.6 Å². The number of rotatable bonds is 6. The van der Waals surface area contributed by atoms with Gasteiger partial charge in [-0.2, -0.15) is 13.2 Å². The van der Waals surface area contributed by atoms with Crippen LogP contribution in [0.2, 0.25) is 0 Å². The van der Waals surface area contributed by atoms with Gasteiger partial charge in [0.2, 0.25) is 0 Å². The minimum atomic E-state index is -4.40. The summed E-state index contributed by atoms with van der Waals surface area (Å²) in [6.45, 7) is 1.49.